The van der Waals surface area contributed by atoms with E-state index in [-0.39, 0.29) is 18.6 Å². The number of aliphatic hydroxyl groups excluding tert-OH is 1. The van der Waals surface area contributed by atoms with Crippen molar-refractivity contribution >= 4 is 33.9 Å². The Morgan fingerprint density at radius 1 is 1.12 bits per heavy atom. The smallest absolute Gasteiger partial charge is 0.407 e. The van der Waals surface area contributed by atoms with E-state index in [0.717, 1.165) is 58.4 Å². The molecule has 0 spiro atoms. The van der Waals surface area contributed by atoms with Gasteiger partial charge in [0, 0.05) is 42.1 Å². The van der Waals surface area contributed by atoms with Gasteiger partial charge in [0.1, 0.15) is 23.5 Å². The summed E-state index contributed by atoms with van der Waals surface area (Å²) in [5.74, 6) is 2.09. The van der Waals surface area contributed by atoms with Crippen molar-refractivity contribution < 1.29 is 24.2 Å². The first-order chi connectivity index (χ1) is 20.7. The molecular formula is C33H39N5O5. The third kappa shape index (κ3) is 5.44. The van der Waals surface area contributed by atoms with Gasteiger partial charge in [-0.25, -0.2) is 9.78 Å². The quantitative estimate of drug-likeness (QED) is 0.327. The van der Waals surface area contributed by atoms with Crippen LogP contribution in [0.1, 0.15) is 62.4 Å². The van der Waals surface area contributed by atoms with Gasteiger partial charge < -0.3 is 33.9 Å². The lowest BCUT2D eigenvalue weighted by Gasteiger charge is -2.33. The number of amides is 2. The number of aromatic nitrogens is 3. The molecule has 10 nitrogen and oxygen atoms in total. The number of carbonyl (C=O) groups excluding carboxylic acids is 2. The molecule has 4 aromatic rings. The van der Waals surface area contributed by atoms with Crippen LogP contribution >= 0.6 is 0 Å². The summed E-state index contributed by atoms with van der Waals surface area (Å²) in [5.41, 5.74) is 4.63. The Hall–Kier alpha value is -4.05. The predicted octanol–water partition coefficient (Wildman–Crippen LogP) is 5.08. The summed E-state index contributed by atoms with van der Waals surface area (Å²) >= 11 is 0. The second-order valence-electron chi connectivity index (χ2n) is 13.1. The summed E-state index contributed by atoms with van der Waals surface area (Å²) in [6.07, 6.45) is 3.57. The van der Waals surface area contributed by atoms with Gasteiger partial charge in [0.2, 0.25) is 0 Å². The normalized spacial score (nSPS) is 18.6. The van der Waals surface area contributed by atoms with E-state index in [9.17, 15) is 14.7 Å². The van der Waals surface area contributed by atoms with E-state index >= 15 is 0 Å². The number of fused-ring (bicyclic) bond motifs is 1. The molecule has 0 radical (unpaired) electrons. The number of aliphatic hydroxyl groups is 1. The topological polar surface area (TPSA) is 111 Å². The van der Waals surface area contributed by atoms with Crippen molar-refractivity contribution in [1.82, 2.24) is 24.3 Å². The molecule has 1 atom stereocenters. The number of hydrogen-bond acceptors (Lipinski definition) is 6. The number of alkyl carbamates (subject to hydrolysis) is 1. The highest BCUT2D eigenvalue weighted by molar-refractivity contribution is 6.00. The van der Waals surface area contributed by atoms with Crippen molar-refractivity contribution in [2.75, 3.05) is 19.7 Å². The molecule has 226 valence electrons. The Bertz CT molecular complexity index is 1730. The van der Waals surface area contributed by atoms with Crippen molar-refractivity contribution in [3.8, 4) is 17.3 Å². The fourth-order valence-electron chi connectivity index (χ4n) is 6.40. The van der Waals surface area contributed by atoms with Crippen LogP contribution in [-0.2, 0) is 24.4 Å². The Kier molecular flexibility index (Phi) is 6.84. The van der Waals surface area contributed by atoms with Gasteiger partial charge in [-0.05, 0) is 82.2 Å². The monoisotopic (exact) mass is 585 g/mol. The number of nitrogens with one attached hydrogen (secondary N) is 1. The largest absolute Gasteiger partial charge is 0.489 e. The van der Waals surface area contributed by atoms with Crippen LogP contribution in [0, 0.1) is 5.92 Å². The standard InChI is InChI=1S/C33H39N5O5/c1-33(2,3)43-32(41)34-24-5-4-10-36(18-24)31(40)23-14-25-29-28(16-23)42-12-11-37(29)30(35-25)27-15-22-9-8-21(19-39)13-26(22)38(27)17-20-6-7-20/h8-9,13-16,20,24,39H,4-7,10-12,17-19H2,1-3H3,(H,34,41)/t24-/m1/s1. The number of nitrogens with zero attached hydrogens (tertiary/aromatic N) is 4. The Balaban J connectivity index is 1.22. The van der Waals surface area contributed by atoms with E-state index in [1.54, 1.807) is 4.90 Å². The highest BCUT2D eigenvalue weighted by Gasteiger charge is 2.31. The van der Waals surface area contributed by atoms with Crippen LogP contribution < -0.4 is 10.1 Å². The zero-order chi connectivity index (χ0) is 29.9. The van der Waals surface area contributed by atoms with E-state index in [0.29, 0.717) is 43.5 Å². The van der Waals surface area contributed by atoms with Gasteiger partial charge in [0.05, 0.1) is 24.4 Å². The van der Waals surface area contributed by atoms with E-state index < -0.39 is 11.7 Å². The van der Waals surface area contributed by atoms with Gasteiger partial charge in [0.25, 0.3) is 5.91 Å². The molecule has 2 N–H and O–H groups in total. The maximum absolute atomic E-state index is 13.8. The van der Waals surface area contributed by atoms with Gasteiger partial charge in [-0.15, -0.1) is 0 Å². The van der Waals surface area contributed by atoms with Gasteiger partial charge >= 0.3 is 6.09 Å². The molecule has 1 saturated heterocycles. The van der Waals surface area contributed by atoms with Gasteiger partial charge in [-0.3, -0.25) is 4.79 Å². The number of carbonyl (C=O) groups is 2. The summed E-state index contributed by atoms with van der Waals surface area (Å²) in [7, 11) is 0. The first-order valence-electron chi connectivity index (χ1n) is 15.4. The lowest BCUT2D eigenvalue weighted by molar-refractivity contribution is 0.0452. The predicted molar refractivity (Wildman–Crippen MR) is 163 cm³/mol. The summed E-state index contributed by atoms with van der Waals surface area (Å²) < 4.78 is 16.1. The molecule has 1 aliphatic carbocycles. The summed E-state index contributed by atoms with van der Waals surface area (Å²) in [6.45, 7) is 8.62. The average molecular weight is 586 g/mol. The molecule has 2 amide bonds. The average Bonchev–Trinajstić information content (AvgIpc) is 3.63. The van der Waals surface area contributed by atoms with Crippen LogP contribution in [0.4, 0.5) is 4.79 Å². The zero-order valence-electron chi connectivity index (χ0n) is 25.1. The molecule has 0 unspecified atom stereocenters. The third-order valence-electron chi connectivity index (χ3n) is 8.57. The second kappa shape index (κ2) is 10.6. The van der Waals surface area contributed by atoms with Crippen LogP contribution in [-0.4, -0.2) is 67.5 Å². The molecule has 10 heteroatoms. The van der Waals surface area contributed by atoms with Crippen LogP contribution in [0.2, 0.25) is 0 Å². The van der Waals surface area contributed by atoms with Gasteiger partial charge in [-0.1, -0.05) is 12.1 Å². The molecule has 2 aromatic heterocycles. The summed E-state index contributed by atoms with van der Waals surface area (Å²) in [5, 5.41) is 13.8. The van der Waals surface area contributed by atoms with Gasteiger partial charge in [-0.2, -0.15) is 0 Å². The molecule has 43 heavy (non-hydrogen) atoms. The first kappa shape index (κ1) is 27.8. The van der Waals surface area contributed by atoms with E-state index in [4.69, 9.17) is 14.5 Å². The minimum absolute atomic E-state index is 0.00469. The molecule has 2 aliphatic heterocycles. The number of hydrogen-bond donors (Lipinski definition) is 2. The van der Waals surface area contributed by atoms with Crippen LogP contribution in [0.15, 0.2) is 36.4 Å². The molecule has 0 bridgehead atoms. The van der Waals surface area contributed by atoms with Crippen LogP contribution in [0.3, 0.4) is 0 Å². The van der Waals surface area contributed by atoms with Crippen LogP contribution in [0.5, 0.6) is 5.75 Å². The third-order valence-corrected chi connectivity index (χ3v) is 8.57. The molecule has 2 aromatic carbocycles. The molecular weight excluding hydrogens is 546 g/mol. The molecule has 1 saturated carbocycles. The van der Waals surface area contributed by atoms with Crippen molar-refractivity contribution in [3.05, 3.63) is 47.5 Å². The Morgan fingerprint density at radius 2 is 1.95 bits per heavy atom. The molecule has 2 fully saturated rings. The number of benzene rings is 2. The molecule has 7 rings (SSSR count). The fourth-order valence-corrected chi connectivity index (χ4v) is 6.40. The summed E-state index contributed by atoms with van der Waals surface area (Å²) in [4.78, 5) is 33.1. The van der Waals surface area contributed by atoms with E-state index in [1.165, 1.54) is 12.8 Å². The van der Waals surface area contributed by atoms with Crippen molar-refractivity contribution in [3.63, 3.8) is 0 Å². The minimum Gasteiger partial charge on any atom is -0.489 e. The lowest BCUT2D eigenvalue weighted by atomic mass is 10.0. The highest BCUT2D eigenvalue weighted by Crippen LogP contribution is 2.39. The zero-order valence-corrected chi connectivity index (χ0v) is 25.1. The van der Waals surface area contributed by atoms with E-state index in [1.807, 2.05) is 39.0 Å². The van der Waals surface area contributed by atoms with Crippen molar-refractivity contribution in [2.24, 2.45) is 5.92 Å². The fraction of sp³-hybridized carbons (Fsp3) is 0.485. The first-order valence-corrected chi connectivity index (χ1v) is 15.4. The number of rotatable bonds is 6. The highest BCUT2D eigenvalue weighted by atomic mass is 16.6. The lowest BCUT2D eigenvalue weighted by Crippen LogP contribution is -2.50. The number of ether oxygens (including phenoxy) is 2. The number of piperidine rings is 1. The number of imidazole rings is 1. The Labute approximate surface area is 250 Å². The minimum atomic E-state index is -0.581. The van der Waals surface area contributed by atoms with Crippen molar-refractivity contribution in [1.29, 1.82) is 0 Å². The van der Waals surface area contributed by atoms with E-state index in [2.05, 4.69) is 32.7 Å². The Morgan fingerprint density at radius 3 is 2.72 bits per heavy atom. The molecule has 4 heterocycles. The van der Waals surface area contributed by atoms with Crippen molar-refractivity contribution in [2.45, 2.75) is 77.8 Å². The maximum atomic E-state index is 13.8. The maximum Gasteiger partial charge on any atom is 0.407 e. The van der Waals surface area contributed by atoms with Gasteiger partial charge in [0.15, 0.2) is 5.82 Å². The SMILES string of the molecule is CC(C)(C)OC(=O)N[C@@H]1CCCN(C(=O)c2cc3c4c(c2)nc(-c2cc5ccc(CO)cc5n2CC2CC2)n4CCO3)C1. The van der Waals surface area contributed by atoms with Crippen LogP contribution in [0.25, 0.3) is 33.5 Å². The summed E-state index contributed by atoms with van der Waals surface area (Å²) in [6, 6.07) is 11.9. The molecule has 3 aliphatic rings. The second-order valence-corrected chi connectivity index (χ2v) is 13.1. The number of likely N-dealkylation sites (tertiary alicyclic amines) is 1.